The molecule has 20 heavy (non-hydrogen) atoms. The van der Waals surface area contributed by atoms with E-state index >= 15 is 0 Å². The molecule has 1 heterocycles. The van der Waals surface area contributed by atoms with Crippen molar-refractivity contribution in [2.45, 2.75) is 52.0 Å². The molecular weight excluding hydrogens is 244 g/mol. The molecule has 1 aliphatic rings. The molecule has 0 saturated heterocycles. The smallest absolute Gasteiger partial charge is 0.00965 e. The van der Waals surface area contributed by atoms with Gasteiger partial charge in [-0.2, -0.15) is 0 Å². The van der Waals surface area contributed by atoms with Gasteiger partial charge in [0.05, 0.1) is 0 Å². The van der Waals surface area contributed by atoms with E-state index in [1.807, 2.05) is 0 Å². The maximum absolute atomic E-state index is 3.57. The lowest BCUT2D eigenvalue weighted by Crippen LogP contribution is -2.36. The van der Waals surface area contributed by atoms with Crippen LogP contribution in [0.3, 0.4) is 0 Å². The first kappa shape index (κ1) is 15.5. The Kier molecular flexibility index (Phi) is 5.62. The van der Waals surface area contributed by atoms with Gasteiger partial charge >= 0.3 is 0 Å². The van der Waals surface area contributed by atoms with Gasteiger partial charge in [0.15, 0.2) is 0 Å². The van der Waals surface area contributed by atoms with E-state index in [2.05, 4.69) is 55.3 Å². The zero-order valence-electron chi connectivity index (χ0n) is 13.4. The van der Waals surface area contributed by atoms with Gasteiger partial charge in [0, 0.05) is 18.6 Å². The lowest BCUT2D eigenvalue weighted by molar-refractivity contribution is 0.278. The summed E-state index contributed by atoms with van der Waals surface area (Å²) in [5, 5.41) is 3.57. The van der Waals surface area contributed by atoms with Crippen LogP contribution in [-0.2, 0) is 12.8 Å². The van der Waals surface area contributed by atoms with Gasteiger partial charge in [-0.1, -0.05) is 24.3 Å². The van der Waals surface area contributed by atoms with Crippen molar-refractivity contribution in [1.29, 1.82) is 0 Å². The molecule has 0 amide bonds. The standard InChI is InChI=1S/C18H30N2/c1-18(2,3)19-12-6-7-13-20-14-10-16-8-4-5-9-17(16)11-15-20/h4-5,8-9,19H,6-7,10-15H2,1-3H3. The topological polar surface area (TPSA) is 15.3 Å². The SMILES string of the molecule is CC(C)(C)NCCCCN1CCc2ccccc2CC1. The molecule has 0 aromatic heterocycles. The molecule has 0 spiro atoms. The van der Waals surface area contributed by atoms with Gasteiger partial charge < -0.3 is 10.2 Å². The summed E-state index contributed by atoms with van der Waals surface area (Å²) < 4.78 is 0. The van der Waals surface area contributed by atoms with Crippen LogP contribution in [0.15, 0.2) is 24.3 Å². The summed E-state index contributed by atoms with van der Waals surface area (Å²) in [5.41, 5.74) is 3.37. The molecule has 1 aromatic rings. The number of unbranched alkanes of at least 4 members (excludes halogenated alkanes) is 1. The molecule has 0 bridgehead atoms. The van der Waals surface area contributed by atoms with Crippen molar-refractivity contribution >= 4 is 0 Å². The van der Waals surface area contributed by atoms with Gasteiger partial charge in [0.2, 0.25) is 0 Å². The normalized spacial score (nSPS) is 16.8. The molecule has 0 fully saturated rings. The van der Waals surface area contributed by atoms with Crippen LogP contribution in [0.1, 0.15) is 44.7 Å². The minimum Gasteiger partial charge on any atom is -0.312 e. The Morgan fingerprint density at radius 3 is 2.15 bits per heavy atom. The number of benzene rings is 1. The summed E-state index contributed by atoms with van der Waals surface area (Å²) in [6.07, 6.45) is 5.02. The second-order valence-electron chi connectivity index (χ2n) is 6.99. The first-order valence-corrected chi connectivity index (χ1v) is 8.09. The number of hydrogen-bond donors (Lipinski definition) is 1. The Balaban J connectivity index is 1.66. The summed E-state index contributed by atoms with van der Waals surface area (Å²) in [4.78, 5) is 2.64. The number of nitrogens with zero attached hydrogens (tertiary/aromatic N) is 1. The summed E-state index contributed by atoms with van der Waals surface area (Å²) in [6.45, 7) is 11.5. The van der Waals surface area contributed by atoms with Crippen LogP contribution in [-0.4, -0.2) is 36.6 Å². The van der Waals surface area contributed by atoms with Crippen molar-refractivity contribution in [3.63, 3.8) is 0 Å². The predicted molar refractivity (Wildman–Crippen MR) is 87.3 cm³/mol. The summed E-state index contributed by atoms with van der Waals surface area (Å²) in [5.74, 6) is 0. The maximum atomic E-state index is 3.57. The predicted octanol–water partition coefficient (Wildman–Crippen LogP) is 3.26. The highest BCUT2D eigenvalue weighted by atomic mass is 15.1. The molecular formula is C18H30N2. The number of hydrogen-bond acceptors (Lipinski definition) is 2. The molecule has 0 aliphatic carbocycles. The number of nitrogens with one attached hydrogen (secondary N) is 1. The van der Waals surface area contributed by atoms with Gasteiger partial charge in [-0.3, -0.25) is 0 Å². The fraction of sp³-hybridized carbons (Fsp3) is 0.667. The zero-order valence-corrected chi connectivity index (χ0v) is 13.4. The Bertz CT molecular complexity index is 379. The van der Waals surface area contributed by atoms with E-state index in [9.17, 15) is 0 Å². The van der Waals surface area contributed by atoms with E-state index in [0.717, 1.165) is 6.54 Å². The van der Waals surface area contributed by atoms with Crippen LogP contribution in [0, 0.1) is 0 Å². The van der Waals surface area contributed by atoms with Crippen molar-refractivity contribution in [1.82, 2.24) is 10.2 Å². The summed E-state index contributed by atoms with van der Waals surface area (Å²) in [6, 6.07) is 8.94. The van der Waals surface area contributed by atoms with Crippen molar-refractivity contribution in [3.05, 3.63) is 35.4 Å². The monoisotopic (exact) mass is 274 g/mol. The average Bonchev–Trinajstić information content (AvgIpc) is 2.60. The largest absolute Gasteiger partial charge is 0.312 e. The van der Waals surface area contributed by atoms with Crippen LogP contribution < -0.4 is 5.32 Å². The van der Waals surface area contributed by atoms with Gasteiger partial charge in [-0.05, 0) is 70.7 Å². The third-order valence-corrected chi connectivity index (χ3v) is 4.07. The second-order valence-corrected chi connectivity index (χ2v) is 6.99. The van der Waals surface area contributed by atoms with E-state index in [1.165, 1.54) is 45.3 Å². The first-order valence-electron chi connectivity index (χ1n) is 8.09. The highest BCUT2D eigenvalue weighted by Crippen LogP contribution is 2.15. The molecule has 0 radical (unpaired) electrons. The number of fused-ring (bicyclic) bond motifs is 1. The Morgan fingerprint density at radius 2 is 1.60 bits per heavy atom. The van der Waals surface area contributed by atoms with Crippen molar-refractivity contribution in [2.75, 3.05) is 26.2 Å². The lowest BCUT2D eigenvalue weighted by atomic mass is 10.0. The minimum atomic E-state index is 0.254. The van der Waals surface area contributed by atoms with Crippen molar-refractivity contribution in [3.8, 4) is 0 Å². The molecule has 0 saturated carbocycles. The van der Waals surface area contributed by atoms with Crippen molar-refractivity contribution < 1.29 is 0 Å². The van der Waals surface area contributed by atoms with Crippen LogP contribution in [0.25, 0.3) is 0 Å². The lowest BCUT2D eigenvalue weighted by Gasteiger charge is -2.22. The average molecular weight is 274 g/mol. The highest BCUT2D eigenvalue weighted by Gasteiger charge is 2.13. The van der Waals surface area contributed by atoms with Crippen LogP contribution in [0.4, 0.5) is 0 Å². The van der Waals surface area contributed by atoms with Gasteiger partial charge in [-0.15, -0.1) is 0 Å². The molecule has 0 unspecified atom stereocenters. The highest BCUT2D eigenvalue weighted by molar-refractivity contribution is 5.28. The second kappa shape index (κ2) is 7.24. The van der Waals surface area contributed by atoms with Crippen LogP contribution in [0.2, 0.25) is 0 Å². The Labute approximate surface area is 124 Å². The molecule has 2 nitrogen and oxygen atoms in total. The summed E-state index contributed by atoms with van der Waals surface area (Å²) in [7, 11) is 0. The van der Waals surface area contributed by atoms with E-state index in [1.54, 1.807) is 11.1 Å². The van der Waals surface area contributed by atoms with E-state index < -0.39 is 0 Å². The van der Waals surface area contributed by atoms with Gasteiger partial charge in [0.1, 0.15) is 0 Å². The van der Waals surface area contributed by atoms with Gasteiger partial charge in [-0.25, -0.2) is 0 Å². The first-order chi connectivity index (χ1) is 9.54. The van der Waals surface area contributed by atoms with E-state index in [-0.39, 0.29) is 5.54 Å². The summed E-state index contributed by atoms with van der Waals surface area (Å²) >= 11 is 0. The molecule has 2 rings (SSSR count). The third kappa shape index (κ3) is 5.26. The fourth-order valence-corrected chi connectivity index (χ4v) is 2.86. The maximum Gasteiger partial charge on any atom is 0.00965 e. The van der Waals surface area contributed by atoms with Crippen molar-refractivity contribution in [2.24, 2.45) is 0 Å². The molecule has 0 atom stereocenters. The molecule has 1 aromatic carbocycles. The third-order valence-electron chi connectivity index (χ3n) is 4.07. The fourth-order valence-electron chi connectivity index (χ4n) is 2.86. The molecule has 1 N–H and O–H groups in total. The molecule has 2 heteroatoms. The van der Waals surface area contributed by atoms with E-state index in [4.69, 9.17) is 0 Å². The zero-order chi connectivity index (χ0) is 14.4. The molecule has 1 aliphatic heterocycles. The molecule has 112 valence electrons. The number of rotatable bonds is 5. The van der Waals surface area contributed by atoms with E-state index in [0.29, 0.717) is 0 Å². The van der Waals surface area contributed by atoms with Gasteiger partial charge in [0.25, 0.3) is 0 Å². The quantitative estimate of drug-likeness (QED) is 0.829. The van der Waals surface area contributed by atoms with Crippen LogP contribution >= 0.6 is 0 Å². The minimum absolute atomic E-state index is 0.254. The Hall–Kier alpha value is -0.860. The van der Waals surface area contributed by atoms with Crippen LogP contribution in [0.5, 0.6) is 0 Å². The Morgan fingerprint density at radius 1 is 1.00 bits per heavy atom.